The molecule has 2 rings (SSSR count). The molecule has 1 aromatic heterocycles. The maximum absolute atomic E-state index is 11.2. The van der Waals surface area contributed by atoms with Crippen LogP contribution in [-0.2, 0) is 17.8 Å². The lowest BCUT2D eigenvalue weighted by molar-refractivity contribution is -0.117. The Balaban J connectivity index is 2.56. The van der Waals surface area contributed by atoms with Crippen molar-refractivity contribution in [3.63, 3.8) is 0 Å². The first-order valence-electron chi connectivity index (χ1n) is 5.96. The predicted molar refractivity (Wildman–Crippen MR) is 77.0 cm³/mol. The fraction of sp³-hybridized carbons (Fsp3) is 0.286. The van der Waals surface area contributed by atoms with E-state index in [1.165, 1.54) is 0 Å². The van der Waals surface area contributed by atoms with Crippen LogP contribution in [0.3, 0.4) is 0 Å². The second-order valence-electron chi connectivity index (χ2n) is 4.82. The number of fused-ring (bicyclic) bond motifs is 1. The Morgan fingerprint density at radius 2 is 2.16 bits per heavy atom. The van der Waals surface area contributed by atoms with Crippen LogP contribution < -0.4 is 5.73 Å². The number of carbonyl (C=O) groups is 1. The van der Waals surface area contributed by atoms with Crippen molar-refractivity contribution < 1.29 is 4.79 Å². The average Bonchev–Trinajstić information content (AvgIpc) is 2.32. The molecule has 1 amide bonds. The molecular formula is C14H16ClN3O. The third-order valence-corrected chi connectivity index (χ3v) is 3.18. The SMILES string of the molecule is CN(C)Cc1cnc2ccc(Cl)c(CC(N)=O)c2c1. The summed E-state index contributed by atoms with van der Waals surface area (Å²) in [5, 5.41) is 1.45. The molecule has 0 atom stereocenters. The van der Waals surface area contributed by atoms with Gasteiger partial charge >= 0.3 is 0 Å². The van der Waals surface area contributed by atoms with E-state index in [0.29, 0.717) is 5.02 Å². The lowest BCUT2D eigenvalue weighted by Crippen LogP contribution is -2.14. The number of rotatable bonds is 4. The highest BCUT2D eigenvalue weighted by molar-refractivity contribution is 6.32. The molecular weight excluding hydrogens is 262 g/mol. The first kappa shape index (κ1) is 13.8. The van der Waals surface area contributed by atoms with Crippen LogP contribution in [0.5, 0.6) is 0 Å². The zero-order chi connectivity index (χ0) is 14.0. The summed E-state index contributed by atoms with van der Waals surface area (Å²) >= 11 is 6.16. The van der Waals surface area contributed by atoms with Crippen molar-refractivity contribution in [2.75, 3.05) is 14.1 Å². The molecule has 1 aromatic carbocycles. The lowest BCUT2D eigenvalue weighted by Gasteiger charge is -2.12. The van der Waals surface area contributed by atoms with Gasteiger partial charge in [-0.25, -0.2) is 0 Å². The van der Waals surface area contributed by atoms with Gasteiger partial charge in [-0.15, -0.1) is 0 Å². The standard InChI is InChI=1S/C14H16ClN3O/c1-18(2)8-9-5-11-10(6-14(16)19)12(15)3-4-13(11)17-7-9/h3-5,7H,6,8H2,1-2H3,(H2,16,19). The third-order valence-electron chi connectivity index (χ3n) is 2.83. The summed E-state index contributed by atoms with van der Waals surface area (Å²) in [5.41, 5.74) is 7.92. The highest BCUT2D eigenvalue weighted by atomic mass is 35.5. The minimum atomic E-state index is -0.396. The van der Waals surface area contributed by atoms with Gasteiger partial charge in [-0.3, -0.25) is 9.78 Å². The normalized spacial score (nSPS) is 11.2. The Bertz CT molecular complexity index is 625. The van der Waals surface area contributed by atoms with Crippen LogP contribution in [0.15, 0.2) is 24.4 Å². The first-order valence-corrected chi connectivity index (χ1v) is 6.34. The van der Waals surface area contributed by atoms with Gasteiger partial charge in [0.05, 0.1) is 11.9 Å². The maximum atomic E-state index is 11.2. The lowest BCUT2D eigenvalue weighted by atomic mass is 10.0. The number of aromatic nitrogens is 1. The number of primary amides is 1. The average molecular weight is 278 g/mol. The predicted octanol–water partition coefficient (Wildman–Crippen LogP) is 1.98. The Morgan fingerprint density at radius 1 is 1.42 bits per heavy atom. The summed E-state index contributed by atoms with van der Waals surface area (Å²) in [7, 11) is 3.99. The van der Waals surface area contributed by atoms with Crippen LogP contribution in [0.4, 0.5) is 0 Å². The summed E-state index contributed by atoms with van der Waals surface area (Å²) in [4.78, 5) is 17.6. The van der Waals surface area contributed by atoms with Crippen LogP contribution >= 0.6 is 11.6 Å². The second-order valence-corrected chi connectivity index (χ2v) is 5.22. The number of hydrogen-bond acceptors (Lipinski definition) is 3. The van der Waals surface area contributed by atoms with Crippen molar-refractivity contribution >= 4 is 28.4 Å². The topological polar surface area (TPSA) is 59.2 Å². The number of benzene rings is 1. The van der Waals surface area contributed by atoms with Gasteiger partial charge in [0, 0.05) is 23.2 Å². The maximum Gasteiger partial charge on any atom is 0.221 e. The number of amides is 1. The Labute approximate surface area is 117 Å². The summed E-state index contributed by atoms with van der Waals surface area (Å²) in [6.07, 6.45) is 1.97. The molecule has 1 heterocycles. The monoisotopic (exact) mass is 277 g/mol. The first-order chi connectivity index (χ1) is 8.97. The summed E-state index contributed by atoms with van der Waals surface area (Å²) in [6, 6.07) is 5.62. The third kappa shape index (κ3) is 3.22. The van der Waals surface area contributed by atoms with Gasteiger partial charge in [0.1, 0.15) is 0 Å². The molecule has 0 saturated carbocycles. The van der Waals surface area contributed by atoms with Gasteiger partial charge in [0.15, 0.2) is 0 Å². The number of carbonyl (C=O) groups excluding carboxylic acids is 1. The van der Waals surface area contributed by atoms with Crippen molar-refractivity contribution in [3.8, 4) is 0 Å². The van der Waals surface area contributed by atoms with E-state index in [-0.39, 0.29) is 6.42 Å². The molecule has 0 spiro atoms. The number of nitrogens with two attached hydrogens (primary N) is 1. The van der Waals surface area contributed by atoms with E-state index in [2.05, 4.69) is 9.88 Å². The number of halogens is 1. The Kier molecular flexibility index (Phi) is 4.02. The molecule has 4 nitrogen and oxygen atoms in total. The van der Waals surface area contributed by atoms with E-state index in [0.717, 1.165) is 28.6 Å². The molecule has 0 aliphatic carbocycles. The molecule has 0 saturated heterocycles. The van der Waals surface area contributed by atoms with E-state index < -0.39 is 5.91 Å². The molecule has 2 N–H and O–H groups in total. The molecule has 19 heavy (non-hydrogen) atoms. The van der Waals surface area contributed by atoms with Crippen molar-refractivity contribution in [2.24, 2.45) is 5.73 Å². The summed E-state index contributed by atoms with van der Waals surface area (Å²) in [6.45, 7) is 0.783. The zero-order valence-corrected chi connectivity index (χ0v) is 11.7. The van der Waals surface area contributed by atoms with Gasteiger partial charge in [-0.2, -0.15) is 0 Å². The van der Waals surface area contributed by atoms with E-state index in [1.807, 2.05) is 32.4 Å². The van der Waals surface area contributed by atoms with Crippen molar-refractivity contribution in [1.29, 1.82) is 0 Å². The minimum Gasteiger partial charge on any atom is -0.369 e. The van der Waals surface area contributed by atoms with Gasteiger partial charge in [-0.1, -0.05) is 11.6 Å². The number of nitrogens with zero attached hydrogens (tertiary/aromatic N) is 2. The van der Waals surface area contributed by atoms with Crippen LogP contribution in [0, 0.1) is 0 Å². The van der Waals surface area contributed by atoms with Gasteiger partial charge in [0.25, 0.3) is 0 Å². The van der Waals surface area contributed by atoms with Crippen LogP contribution in [0.2, 0.25) is 5.02 Å². The minimum absolute atomic E-state index is 0.128. The van der Waals surface area contributed by atoms with Crippen molar-refractivity contribution in [2.45, 2.75) is 13.0 Å². The van der Waals surface area contributed by atoms with E-state index >= 15 is 0 Å². The highest BCUT2D eigenvalue weighted by Crippen LogP contribution is 2.26. The molecule has 2 aromatic rings. The van der Waals surface area contributed by atoms with Gasteiger partial charge < -0.3 is 10.6 Å². The zero-order valence-electron chi connectivity index (χ0n) is 11.0. The number of hydrogen-bond donors (Lipinski definition) is 1. The molecule has 0 fully saturated rings. The summed E-state index contributed by atoms with van der Waals surface area (Å²) in [5.74, 6) is -0.396. The van der Waals surface area contributed by atoms with E-state index in [9.17, 15) is 4.79 Å². The molecule has 0 aliphatic heterocycles. The van der Waals surface area contributed by atoms with Crippen LogP contribution in [0.1, 0.15) is 11.1 Å². The second kappa shape index (κ2) is 5.55. The smallest absolute Gasteiger partial charge is 0.221 e. The van der Waals surface area contributed by atoms with Crippen LogP contribution in [0.25, 0.3) is 10.9 Å². The van der Waals surface area contributed by atoms with Crippen molar-refractivity contribution in [3.05, 3.63) is 40.5 Å². The molecule has 0 bridgehead atoms. The summed E-state index contributed by atoms with van der Waals surface area (Å²) < 4.78 is 0. The van der Waals surface area contributed by atoms with Gasteiger partial charge in [-0.05, 0) is 43.4 Å². The number of pyridine rings is 1. The molecule has 5 heteroatoms. The quantitative estimate of drug-likeness (QED) is 0.930. The van der Waals surface area contributed by atoms with E-state index in [1.54, 1.807) is 6.07 Å². The largest absolute Gasteiger partial charge is 0.369 e. The molecule has 0 radical (unpaired) electrons. The van der Waals surface area contributed by atoms with Crippen molar-refractivity contribution in [1.82, 2.24) is 9.88 Å². The molecule has 0 unspecified atom stereocenters. The van der Waals surface area contributed by atoms with Gasteiger partial charge in [0.2, 0.25) is 5.91 Å². The van der Waals surface area contributed by atoms with E-state index in [4.69, 9.17) is 17.3 Å². The van der Waals surface area contributed by atoms with Crippen LogP contribution in [-0.4, -0.2) is 29.9 Å². The Morgan fingerprint density at radius 3 is 2.79 bits per heavy atom. The molecule has 100 valence electrons. The fourth-order valence-corrected chi connectivity index (χ4v) is 2.31. The highest BCUT2D eigenvalue weighted by Gasteiger charge is 2.10. The fourth-order valence-electron chi connectivity index (χ4n) is 2.08. The Hall–Kier alpha value is -1.65. The molecule has 0 aliphatic rings.